The van der Waals surface area contributed by atoms with Crippen LogP contribution in [0, 0.1) is 5.82 Å². The average Bonchev–Trinajstić information content (AvgIpc) is 2.51. The number of pyridine rings is 1. The topological polar surface area (TPSA) is 51.4 Å². The second-order valence-electron chi connectivity index (χ2n) is 4.93. The molecule has 0 aliphatic carbocycles. The van der Waals surface area contributed by atoms with Gasteiger partial charge in [-0.05, 0) is 30.3 Å². The highest BCUT2D eigenvalue weighted by molar-refractivity contribution is 5.22. The lowest BCUT2D eigenvalue weighted by Gasteiger charge is -2.27. The molecule has 0 aliphatic heterocycles. The first kappa shape index (κ1) is 15.4. The molecule has 0 radical (unpaired) electrons. The highest BCUT2D eigenvalue weighted by Crippen LogP contribution is 2.21. The molecule has 21 heavy (non-hydrogen) atoms. The van der Waals surface area contributed by atoms with Gasteiger partial charge in [0.2, 0.25) is 5.88 Å². The summed E-state index contributed by atoms with van der Waals surface area (Å²) in [4.78, 5) is 6.33. The third-order valence-corrected chi connectivity index (χ3v) is 3.45. The van der Waals surface area contributed by atoms with Gasteiger partial charge in [0.1, 0.15) is 5.82 Å². The largest absolute Gasteiger partial charge is 0.481 e. The predicted octanol–water partition coefficient (Wildman–Crippen LogP) is 2.36. The fraction of sp³-hybridized carbons (Fsp3) is 0.312. The van der Waals surface area contributed by atoms with Crippen molar-refractivity contribution in [2.75, 3.05) is 20.7 Å². The van der Waals surface area contributed by atoms with Crippen molar-refractivity contribution in [1.29, 1.82) is 0 Å². The van der Waals surface area contributed by atoms with Crippen molar-refractivity contribution in [3.05, 3.63) is 59.5 Å². The first-order chi connectivity index (χ1) is 10.1. The van der Waals surface area contributed by atoms with Crippen LogP contribution in [0.2, 0.25) is 0 Å². The minimum atomic E-state index is -0.226. The van der Waals surface area contributed by atoms with Gasteiger partial charge in [0.25, 0.3) is 0 Å². The van der Waals surface area contributed by atoms with Gasteiger partial charge in [0.15, 0.2) is 0 Å². The number of hydrogen-bond donors (Lipinski definition) is 1. The van der Waals surface area contributed by atoms with Gasteiger partial charge in [0.05, 0.1) is 7.11 Å². The molecule has 5 heteroatoms. The summed E-state index contributed by atoms with van der Waals surface area (Å²) in [5.41, 5.74) is 7.96. The molecule has 0 saturated carbocycles. The molecule has 0 saturated heterocycles. The number of nitrogens with two attached hydrogens (primary N) is 1. The lowest BCUT2D eigenvalue weighted by Crippen LogP contribution is -2.30. The Labute approximate surface area is 124 Å². The van der Waals surface area contributed by atoms with E-state index in [9.17, 15) is 4.39 Å². The average molecular weight is 289 g/mol. The molecule has 0 bridgehead atoms. The first-order valence-electron chi connectivity index (χ1n) is 6.78. The van der Waals surface area contributed by atoms with Crippen molar-refractivity contribution in [2.24, 2.45) is 5.73 Å². The molecule has 112 valence electrons. The maximum atomic E-state index is 12.9. The van der Waals surface area contributed by atoms with Crippen molar-refractivity contribution >= 4 is 0 Å². The minimum Gasteiger partial charge on any atom is -0.481 e. The second-order valence-corrected chi connectivity index (χ2v) is 4.93. The normalized spacial score (nSPS) is 12.4. The fourth-order valence-electron chi connectivity index (χ4n) is 2.27. The van der Waals surface area contributed by atoms with Crippen LogP contribution in [0.5, 0.6) is 5.88 Å². The molecule has 1 aromatic carbocycles. The zero-order valence-corrected chi connectivity index (χ0v) is 12.3. The van der Waals surface area contributed by atoms with Gasteiger partial charge < -0.3 is 10.5 Å². The summed E-state index contributed by atoms with van der Waals surface area (Å²) in [6, 6.07) is 10.3. The van der Waals surface area contributed by atoms with Gasteiger partial charge in [0, 0.05) is 31.4 Å². The Balaban J connectivity index is 2.09. The summed E-state index contributed by atoms with van der Waals surface area (Å²) in [6.45, 7) is 1.17. The van der Waals surface area contributed by atoms with E-state index in [0.717, 1.165) is 11.1 Å². The van der Waals surface area contributed by atoms with E-state index in [-0.39, 0.29) is 11.9 Å². The summed E-state index contributed by atoms with van der Waals surface area (Å²) >= 11 is 0. The third-order valence-electron chi connectivity index (χ3n) is 3.45. The van der Waals surface area contributed by atoms with Gasteiger partial charge in [-0.25, -0.2) is 9.37 Å². The molecule has 2 N–H and O–H groups in total. The Morgan fingerprint density at radius 3 is 2.48 bits per heavy atom. The zero-order valence-electron chi connectivity index (χ0n) is 12.3. The van der Waals surface area contributed by atoms with Crippen LogP contribution >= 0.6 is 0 Å². The molecule has 2 rings (SSSR count). The Morgan fingerprint density at radius 2 is 1.95 bits per heavy atom. The molecule has 2 aromatic rings. The molecule has 1 heterocycles. The fourth-order valence-corrected chi connectivity index (χ4v) is 2.27. The summed E-state index contributed by atoms with van der Waals surface area (Å²) in [5.74, 6) is 0.354. The Morgan fingerprint density at radius 1 is 1.24 bits per heavy atom. The maximum Gasteiger partial charge on any atom is 0.212 e. The summed E-state index contributed by atoms with van der Waals surface area (Å²) in [5, 5.41) is 0. The van der Waals surface area contributed by atoms with Crippen LogP contribution in [0.3, 0.4) is 0 Å². The standard InChI is InChI=1S/C16H20FN3O/c1-20(11-12-3-6-14(17)7-4-12)15(9-18)13-5-8-16(21-2)19-10-13/h3-8,10,15H,9,11,18H2,1-2H3. The number of aromatic nitrogens is 1. The number of nitrogens with zero attached hydrogens (tertiary/aromatic N) is 2. The van der Waals surface area contributed by atoms with Crippen LogP contribution in [0.1, 0.15) is 17.2 Å². The zero-order chi connectivity index (χ0) is 15.2. The van der Waals surface area contributed by atoms with Crippen molar-refractivity contribution < 1.29 is 9.13 Å². The summed E-state index contributed by atoms with van der Waals surface area (Å²) in [6.07, 6.45) is 1.78. The molecule has 0 amide bonds. The monoisotopic (exact) mass is 289 g/mol. The highest BCUT2D eigenvalue weighted by atomic mass is 19.1. The van der Waals surface area contributed by atoms with E-state index in [2.05, 4.69) is 9.88 Å². The lowest BCUT2D eigenvalue weighted by molar-refractivity contribution is 0.241. The third kappa shape index (κ3) is 4.00. The quantitative estimate of drug-likeness (QED) is 0.887. The number of likely N-dealkylation sites (N-methyl/N-ethyl adjacent to an activating group) is 1. The van der Waals surface area contributed by atoms with Crippen LogP contribution in [-0.2, 0) is 6.54 Å². The predicted molar refractivity (Wildman–Crippen MR) is 80.5 cm³/mol. The molecular weight excluding hydrogens is 269 g/mol. The number of rotatable bonds is 6. The van der Waals surface area contributed by atoms with Crippen LogP contribution in [0.4, 0.5) is 4.39 Å². The molecule has 1 unspecified atom stereocenters. The van der Waals surface area contributed by atoms with Gasteiger partial charge in [-0.2, -0.15) is 0 Å². The SMILES string of the molecule is COc1ccc(C(CN)N(C)Cc2ccc(F)cc2)cn1. The minimum absolute atomic E-state index is 0.0495. The van der Waals surface area contributed by atoms with Gasteiger partial charge >= 0.3 is 0 Å². The van der Waals surface area contributed by atoms with E-state index >= 15 is 0 Å². The lowest BCUT2D eigenvalue weighted by atomic mass is 10.1. The molecule has 4 nitrogen and oxygen atoms in total. The Bertz CT molecular complexity index is 557. The smallest absolute Gasteiger partial charge is 0.212 e. The molecule has 1 atom stereocenters. The van der Waals surface area contributed by atoms with E-state index in [0.29, 0.717) is 19.0 Å². The maximum absolute atomic E-state index is 12.9. The first-order valence-corrected chi connectivity index (χ1v) is 6.78. The second kappa shape index (κ2) is 7.15. The van der Waals surface area contributed by atoms with E-state index in [1.165, 1.54) is 12.1 Å². The van der Waals surface area contributed by atoms with E-state index < -0.39 is 0 Å². The Hall–Kier alpha value is -1.98. The van der Waals surface area contributed by atoms with Crippen LogP contribution in [-0.4, -0.2) is 30.6 Å². The number of ether oxygens (including phenoxy) is 1. The van der Waals surface area contributed by atoms with Crippen molar-refractivity contribution in [1.82, 2.24) is 9.88 Å². The number of halogens is 1. The molecule has 0 spiro atoms. The van der Waals surface area contributed by atoms with E-state index in [1.54, 1.807) is 25.4 Å². The summed E-state index contributed by atoms with van der Waals surface area (Å²) in [7, 11) is 3.58. The summed E-state index contributed by atoms with van der Waals surface area (Å²) < 4.78 is 18.0. The van der Waals surface area contributed by atoms with Gasteiger partial charge in [-0.1, -0.05) is 18.2 Å². The van der Waals surface area contributed by atoms with Crippen molar-refractivity contribution in [3.8, 4) is 5.88 Å². The molecule has 1 aromatic heterocycles. The van der Waals surface area contributed by atoms with E-state index in [1.807, 2.05) is 19.2 Å². The van der Waals surface area contributed by atoms with Gasteiger partial charge in [-0.3, -0.25) is 4.90 Å². The number of methoxy groups -OCH3 is 1. The van der Waals surface area contributed by atoms with E-state index in [4.69, 9.17) is 10.5 Å². The molecular formula is C16H20FN3O. The molecule has 0 fully saturated rings. The van der Waals surface area contributed by atoms with Crippen molar-refractivity contribution in [2.45, 2.75) is 12.6 Å². The number of benzene rings is 1. The Kier molecular flexibility index (Phi) is 5.25. The van der Waals surface area contributed by atoms with Crippen LogP contribution < -0.4 is 10.5 Å². The number of hydrogen-bond acceptors (Lipinski definition) is 4. The van der Waals surface area contributed by atoms with Crippen LogP contribution in [0.15, 0.2) is 42.6 Å². The molecule has 0 aliphatic rings. The van der Waals surface area contributed by atoms with Gasteiger partial charge in [-0.15, -0.1) is 0 Å². The van der Waals surface area contributed by atoms with Crippen LogP contribution in [0.25, 0.3) is 0 Å². The van der Waals surface area contributed by atoms with Crippen molar-refractivity contribution in [3.63, 3.8) is 0 Å². The highest BCUT2D eigenvalue weighted by Gasteiger charge is 2.16.